The van der Waals surface area contributed by atoms with Gasteiger partial charge in [-0.25, -0.2) is 0 Å². The van der Waals surface area contributed by atoms with Gasteiger partial charge in [0.1, 0.15) is 5.75 Å². The first kappa shape index (κ1) is 31.8. The summed E-state index contributed by atoms with van der Waals surface area (Å²) in [4.78, 5) is 37.2. The van der Waals surface area contributed by atoms with Crippen molar-refractivity contribution in [2.75, 3.05) is 25.7 Å². The molecule has 1 aliphatic carbocycles. The molecule has 216 valence electrons. The van der Waals surface area contributed by atoms with Gasteiger partial charge in [0.15, 0.2) is 0 Å². The fourth-order valence-corrected chi connectivity index (χ4v) is 4.03. The van der Waals surface area contributed by atoms with Crippen LogP contribution in [-0.4, -0.2) is 75.9 Å². The third kappa shape index (κ3) is 9.70. The van der Waals surface area contributed by atoms with Crippen LogP contribution in [0.1, 0.15) is 56.3 Å². The van der Waals surface area contributed by atoms with E-state index in [0.717, 1.165) is 17.3 Å². The smallest absolute Gasteiger partial charge is 0.259 e. The van der Waals surface area contributed by atoms with Crippen LogP contribution in [0.2, 0.25) is 0 Å². The molecule has 0 radical (unpaired) electrons. The quantitative estimate of drug-likeness (QED) is 0.233. The standard InChI is InChI=1S/C18H18N6O3.C8H15NO.C2H6O/c1-12(4-3-5-24(11-25)14-9-19-20-10-14)22-18(26)15-6-13-8-21-23-16(13)7-17(15)27-2;1-9(7-10)8-5-3-2-4-6-8;1-2-3/h3-11H,1-2H3,(H,19,20)(H,21,23)(H,22,26);7-8H,2-6H2,1H3;3H,2H2,1H3/b5-3-,12-4+;;. The van der Waals surface area contributed by atoms with Gasteiger partial charge >= 0.3 is 0 Å². The lowest BCUT2D eigenvalue weighted by atomic mass is 9.95. The van der Waals surface area contributed by atoms with Gasteiger partial charge in [-0.1, -0.05) is 19.3 Å². The van der Waals surface area contributed by atoms with Gasteiger partial charge in [-0.15, -0.1) is 0 Å². The second kappa shape index (κ2) is 17.2. The molecule has 2 heterocycles. The summed E-state index contributed by atoms with van der Waals surface area (Å²) in [6, 6.07) is 3.97. The molecular weight excluding hydrogens is 514 g/mol. The second-order valence-corrected chi connectivity index (χ2v) is 9.00. The molecular formula is C28H39N7O5. The topological polar surface area (TPSA) is 157 Å². The molecule has 0 aliphatic heterocycles. The van der Waals surface area contributed by atoms with Crippen LogP contribution in [0, 0.1) is 0 Å². The maximum atomic E-state index is 12.6. The number of ether oxygens (including phenoxy) is 1. The Labute approximate surface area is 234 Å². The van der Waals surface area contributed by atoms with E-state index in [1.165, 1.54) is 50.3 Å². The van der Waals surface area contributed by atoms with Crippen molar-refractivity contribution in [3.05, 3.63) is 60.3 Å². The van der Waals surface area contributed by atoms with Crippen molar-refractivity contribution >= 4 is 35.3 Å². The van der Waals surface area contributed by atoms with Gasteiger partial charge in [-0.05, 0) is 44.9 Å². The molecule has 0 bridgehead atoms. The molecule has 0 atom stereocenters. The molecule has 0 saturated heterocycles. The summed E-state index contributed by atoms with van der Waals surface area (Å²) in [5, 5.41) is 24.4. The summed E-state index contributed by atoms with van der Waals surface area (Å²) in [5.74, 6) is 0.138. The molecule has 12 nitrogen and oxygen atoms in total. The fraction of sp³-hybridized carbons (Fsp3) is 0.393. The minimum atomic E-state index is -0.306. The van der Waals surface area contributed by atoms with E-state index < -0.39 is 0 Å². The summed E-state index contributed by atoms with van der Waals surface area (Å²) >= 11 is 0. The molecule has 3 aromatic rings. The number of hydrogen-bond acceptors (Lipinski definition) is 7. The highest BCUT2D eigenvalue weighted by molar-refractivity contribution is 6.01. The molecule has 1 aromatic carbocycles. The van der Waals surface area contributed by atoms with E-state index in [-0.39, 0.29) is 12.5 Å². The normalized spacial score (nSPS) is 13.5. The number of aromatic amines is 2. The number of aromatic nitrogens is 4. The fourth-order valence-electron chi connectivity index (χ4n) is 4.03. The van der Waals surface area contributed by atoms with Crippen molar-refractivity contribution in [2.45, 2.75) is 52.0 Å². The molecule has 1 aliphatic rings. The Bertz CT molecular complexity index is 1250. The largest absolute Gasteiger partial charge is 0.496 e. The predicted molar refractivity (Wildman–Crippen MR) is 154 cm³/mol. The number of amides is 3. The zero-order valence-electron chi connectivity index (χ0n) is 23.5. The Morgan fingerprint density at radius 2 is 1.90 bits per heavy atom. The molecule has 1 fully saturated rings. The van der Waals surface area contributed by atoms with E-state index in [1.54, 1.807) is 61.6 Å². The molecule has 12 heteroatoms. The molecule has 3 amide bonds. The van der Waals surface area contributed by atoms with Crippen LogP contribution in [0.15, 0.2) is 54.8 Å². The van der Waals surface area contributed by atoms with Crippen LogP contribution >= 0.6 is 0 Å². The number of hydrogen-bond donors (Lipinski definition) is 4. The summed E-state index contributed by atoms with van der Waals surface area (Å²) in [7, 11) is 3.38. The maximum absolute atomic E-state index is 12.6. The molecule has 1 saturated carbocycles. The van der Waals surface area contributed by atoms with E-state index in [4.69, 9.17) is 9.84 Å². The number of anilines is 1. The number of methoxy groups -OCH3 is 1. The number of allylic oxidation sites excluding steroid dienone is 3. The van der Waals surface area contributed by atoms with Gasteiger partial charge < -0.3 is 20.1 Å². The number of aliphatic hydroxyl groups excluding tert-OH is 1. The van der Waals surface area contributed by atoms with Gasteiger partial charge in [0, 0.05) is 49.2 Å². The highest BCUT2D eigenvalue weighted by Crippen LogP contribution is 2.25. The van der Waals surface area contributed by atoms with Crippen molar-refractivity contribution in [3.8, 4) is 5.75 Å². The zero-order valence-corrected chi connectivity index (χ0v) is 23.5. The number of H-pyrrole nitrogens is 2. The summed E-state index contributed by atoms with van der Waals surface area (Å²) in [6.45, 7) is 3.67. The predicted octanol–water partition coefficient (Wildman–Crippen LogP) is 3.51. The number of carbonyl (C=O) groups excluding carboxylic acids is 3. The molecule has 40 heavy (non-hydrogen) atoms. The second-order valence-electron chi connectivity index (χ2n) is 9.00. The van der Waals surface area contributed by atoms with E-state index in [9.17, 15) is 14.4 Å². The van der Waals surface area contributed by atoms with Gasteiger partial charge in [0.05, 0.1) is 36.3 Å². The average Bonchev–Trinajstić information content (AvgIpc) is 3.68. The number of nitrogens with one attached hydrogen (secondary N) is 3. The Morgan fingerprint density at radius 1 is 1.18 bits per heavy atom. The van der Waals surface area contributed by atoms with Crippen LogP contribution in [0.25, 0.3) is 10.9 Å². The Morgan fingerprint density at radius 3 is 2.50 bits per heavy atom. The maximum Gasteiger partial charge on any atom is 0.259 e. The number of fused-ring (bicyclic) bond motifs is 1. The molecule has 4 N–H and O–H groups in total. The Hall–Kier alpha value is -4.45. The van der Waals surface area contributed by atoms with E-state index in [2.05, 4.69) is 25.7 Å². The first-order valence-corrected chi connectivity index (χ1v) is 13.1. The van der Waals surface area contributed by atoms with E-state index in [0.29, 0.717) is 35.1 Å². The van der Waals surface area contributed by atoms with Crippen molar-refractivity contribution in [1.82, 2.24) is 30.6 Å². The van der Waals surface area contributed by atoms with Crippen LogP contribution in [0.5, 0.6) is 5.75 Å². The third-order valence-corrected chi connectivity index (χ3v) is 6.12. The highest BCUT2D eigenvalue weighted by atomic mass is 16.5. The lowest BCUT2D eigenvalue weighted by Crippen LogP contribution is -2.31. The van der Waals surface area contributed by atoms with Crippen LogP contribution in [-0.2, 0) is 9.59 Å². The number of benzene rings is 1. The molecule has 0 spiro atoms. The lowest BCUT2D eigenvalue weighted by molar-refractivity contribution is -0.119. The van der Waals surface area contributed by atoms with E-state index in [1.807, 2.05) is 7.05 Å². The highest BCUT2D eigenvalue weighted by Gasteiger charge is 2.16. The monoisotopic (exact) mass is 553 g/mol. The summed E-state index contributed by atoms with van der Waals surface area (Å²) in [6.07, 6.45) is 17.6. The summed E-state index contributed by atoms with van der Waals surface area (Å²) < 4.78 is 5.30. The van der Waals surface area contributed by atoms with Crippen LogP contribution in [0.4, 0.5) is 5.69 Å². The third-order valence-electron chi connectivity index (χ3n) is 6.12. The van der Waals surface area contributed by atoms with Crippen molar-refractivity contribution in [2.24, 2.45) is 0 Å². The first-order chi connectivity index (χ1) is 19.4. The summed E-state index contributed by atoms with van der Waals surface area (Å²) in [5.41, 5.74) is 2.39. The molecule has 0 unspecified atom stereocenters. The lowest BCUT2D eigenvalue weighted by Gasteiger charge is -2.27. The average molecular weight is 554 g/mol. The number of rotatable bonds is 9. The number of aliphatic hydroxyl groups is 1. The van der Waals surface area contributed by atoms with Gasteiger partial charge in [0.25, 0.3) is 5.91 Å². The minimum Gasteiger partial charge on any atom is -0.496 e. The van der Waals surface area contributed by atoms with Crippen molar-refractivity contribution in [3.63, 3.8) is 0 Å². The zero-order chi connectivity index (χ0) is 29.3. The SMILES string of the molecule is CCO.CN(C=O)C1CCCCC1.COc1cc2[nH]ncc2cc1C(=O)N/C(C)=C/C=C\N(C=O)c1cn[nH]c1. The van der Waals surface area contributed by atoms with Gasteiger partial charge in [0.2, 0.25) is 12.8 Å². The number of carbonyl (C=O) groups is 3. The molecule has 4 rings (SSSR count). The van der Waals surface area contributed by atoms with Gasteiger partial charge in [-0.2, -0.15) is 10.2 Å². The Balaban J connectivity index is 0.000000358. The van der Waals surface area contributed by atoms with Crippen molar-refractivity contribution in [1.29, 1.82) is 0 Å². The minimum absolute atomic E-state index is 0.250. The van der Waals surface area contributed by atoms with Gasteiger partial charge in [-0.3, -0.25) is 29.5 Å². The number of nitrogens with zero attached hydrogens (tertiary/aromatic N) is 4. The van der Waals surface area contributed by atoms with E-state index >= 15 is 0 Å². The van der Waals surface area contributed by atoms with Crippen LogP contribution in [0.3, 0.4) is 0 Å². The molecule has 2 aromatic heterocycles. The first-order valence-electron chi connectivity index (χ1n) is 13.1. The van der Waals surface area contributed by atoms with Crippen molar-refractivity contribution < 1.29 is 24.2 Å². The Kier molecular flexibility index (Phi) is 13.7. The van der Waals surface area contributed by atoms with Crippen LogP contribution < -0.4 is 15.0 Å².